The van der Waals surface area contributed by atoms with Crippen LogP contribution in [0.1, 0.15) is 59.9 Å². The van der Waals surface area contributed by atoms with E-state index in [1.165, 1.54) is 23.0 Å². The van der Waals surface area contributed by atoms with Crippen LogP contribution in [-0.4, -0.2) is 42.4 Å². The number of rotatable bonds is 5. The summed E-state index contributed by atoms with van der Waals surface area (Å²) in [5.41, 5.74) is -0.518. The van der Waals surface area contributed by atoms with E-state index < -0.39 is 25.5 Å². The molecule has 2 amide bonds. The van der Waals surface area contributed by atoms with Crippen molar-refractivity contribution in [2.75, 3.05) is 12.0 Å². The molecule has 31 heavy (non-hydrogen) atoms. The van der Waals surface area contributed by atoms with E-state index in [2.05, 4.69) is 10.4 Å². The van der Waals surface area contributed by atoms with Crippen molar-refractivity contribution in [1.82, 2.24) is 10.3 Å². The summed E-state index contributed by atoms with van der Waals surface area (Å²) in [6.07, 6.45) is 1.92. The zero-order valence-corrected chi connectivity index (χ0v) is 21.0. The second kappa shape index (κ2) is 8.94. The molecule has 1 aromatic carbocycles. The van der Waals surface area contributed by atoms with Crippen molar-refractivity contribution in [3.63, 3.8) is 0 Å². The number of carbonyl (C=O) groups is 2. The lowest BCUT2D eigenvalue weighted by Crippen LogP contribution is -2.46. The van der Waals surface area contributed by atoms with Crippen LogP contribution in [0.25, 0.3) is 0 Å². The molecule has 2 rings (SSSR count). The molecular weight excluding hydrogens is 434 g/mol. The molecule has 0 bridgehead atoms. The highest BCUT2D eigenvalue weighted by Crippen LogP contribution is 2.50. The van der Waals surface area contributed by atoms with Crippen LogP contribution in [0.2, 0.25) is 0 Å². The molecule has 0 spiro atoms. The van der Waals surface area contributed by atoms with Gasteiger partial charge >= 0.3 is 0 Å². The summed E-state index contributed by atoms with van der Waals surface area (Å²) in [5, 5.41) is 9.16. The molecule has 1 unspecified atom stereocenters. The van der Waals surface area contributed by atoms with Gasteiger partial charge in [0, 0.05) is 17.1 Å². The molecular formula is C22H33N3O4S2. The van der Waals surface area contributed by atoms with Gasteiger partial charge in [0.2, 0.25) is 11.8 Å². The lowest BCUT2D eigenvalue weighted by Gasteiger charge is -2.38. The second-order valence-corrected chi connectivity index (χ2v) is 13.5. The van der Waals surface area contributed by atoms with Crippen molar-refractivity contribution in [3.05, 3.63) is 35.9 Å². The normalized spacial score (nSPS) is 19.8. The van der Waals surface area contributed by atoms with Crippen LogP contribution < -0.4 is 5.32 Å². The SMILES string of the molecule is CC(C)(C)C(=O)NC1=NN(C(=O)C(C)(C)C)C(CCCS(C)(=O)=O)(c2ccccc2)S1. The van der Waals surface area contributed by atoms with Crippen LogP contribution in [0.4, 0.5) is 0 Å². The van der Waals surface area contributed by atoms with Crippen LogP contribution in [-0.2, 0) is 24.3 Å². The van der Waals surface area contributed by atoms with Crippen molar-refractivity contribution in [3.8, 4) is 0 Å². The van der Waals surface area contributed by atoms with Crippen LogP contribution in [0, 0.1) is 10.8 Å². The van der Waals surface area contributed by atoms with E-state index >= 15 is 0 Å². The van der Waals surface area contributed by atoms with Crippen LogP contribution in [0.15, 0.2) is 35.4 Å². The molecule has 0 aromatic heterocycles. The number of thioether (sulfide) groups is 1. The Hall–Kier alpha value is -1.87. The third-order valence-corrected chi connectivity index (χ3v) is 7.15. The number of amides is 2. The first kappa shape index (κ1) is 25.4. The Morgan fingerprint density at radius 3 is 2.13 bits per heavy atom. The Labute approximate surface area is 190 Å². The Bertz CT molecular complexity index is 961. The third kappa shape index (κ3) is 6.32. The van der Waals surface area contributed by atoms with Gasteiger partial charge < -0.3 is 5.32 Å². The molecule has 1 aliphatic rings. The summed E-state index contributed by atoms with van der Waals surface area (Å²) in [5.74, 6) is -0.409. The van der Waals surface area contributed by atoms with Gasteiger partial charge in [-0.1, -0.05) is 83.6 Å². The molecule has 0 aliphatic carbocycles. The highest BCUT2D eigenvalue weighted by molar-refractivity contribution is 8.14. The van der Waals surface area contributed by atoms with Crippen LogP contribution in [0.5, 0.6) is 0 Å². The average Bonchev–Trinajstić information content (AvgIpc) is 2.98. The molecule has 1 heterocycles. The Morgan fingerprint density at radius 1 is 1.06 bits per heavy atom. The smallest absolute Gasteiger partial charge is 0.249 e. The molecule has 1 N–H and O–H groups in total. The second-order valence-electron chi connectivity index (χ2n) is 9.96. The van der Waals surface area contributed by atoms with Crippen molar-refractivity contribution >= 4 is 38.6 Å². The maximum absolute atomic E-state index is 13.4. The quantitative estimate of drug-likeness (QED) is 0.712. The number of hydrogen-bond acceptors (Lipinski definition) is 6. The molecule has 172 valence electrons. The minimum absolute atomic E-state index is 0.00335. The molecule has 0 saturated carbocycles. The van der Waals surface area contributed by atoms with Crippen molar-refractivity contribution in [1.29, 1.82) is 0 Å². The molecule has 1 aromatic rings. The minimum Gasteiger partial charge on any atom is -0.303 e. The van der Waals surface area contributed by atoms with Crippen LogP contribution in [0.3, 0.4) is 0 Å². The molecule has 0 radical (unpaired) electrons. The van der Waals surface area contributed by atoms with E-state index in [1.807, 2.05) is 51.1 Å². The summed E-state index contributed by atoms with van der Waals surface area (Å²) in [6.45, 7) is 10.8. The predicted molar refractivity (Wildman–Crippen MR) is 126 cm³/mol. The van der Waals surface area contributed by atoms with Gasteiger partial charge in [0.05, 0.1) is 5.75 Å². The lowest BCUT2D eigenvalue weighted by molar-refractivity contribution is -0.143. The maximum atomic E-state index is 13.4. The fourth-order valence-corrected chi connectivity index (χ4v) is 4.98. The first-order valence-electron chi connectivity index (χ1n) is 10.2. The lowest BCUT2D eigenvalue weighted by atomic mass is 9.92. The standard InChI is InChI=1S/C22H33N3O4S2/c1-20(2,3)17(26)23-19-24-25(18(27)21(4,5)6)22(30-19,14-11-15-31(7,28)29)16-12-9-8-10-13-16/h8-10,12-13H,11,14-15H2,1-7H3,(H,23,24,26). The number of amidine groups is 1. The van der Waals surface area contributed by atoms with Gasteiger partial charge in [-0.15, -0.1) is 5.10 Å². The van der Waals surface area contributed by atoms with Gasteiger partial charge in [0.15, 0.2) is 5.17 Å². The number of carbonyl (C=O) groups excluding carboxylic acids is 2. The van der Waals surface area contributed by atoms with E-state index in [0.29, 0.717) is 18.0 Å². The first-order chi connectivity index (χ1) is 14.1. The summed E-state index contributed by atoms with van der Waals surface area (Å²) in [4.78, 5) is 25.1. The number of hydrazone groups is 1. The van der Waals surface area contributed by atoms with E-state index in [1.54, 1.807) is 20.8 Å². The highest BCUT2D eigenvalue weighted by Gasteiger charge is 2.50. The number of nitrogens with one attached hydrogen (secondary N) is 1. The molecule has 7 nitrogen and oxygen atoms in total. The monoisotopic (exact) mass is 467 g/mol. The molecule has 9 heteroatoms. The number of hydrogen-bond donors (Lipinski definition) is 1. The van der Waals surface area contributed by atoms with Crippen molar-refractivity contribution in [2.45, 2.75) is 59.3 Å². The van der Waals surface area contributed by atoms with Gasteiger partial charge in [-0.3, -0.25) is 9.59 Å². The average molecular weight is 468 g/mol. The Kier molecular flexibility index (Phi) is 7.32. The molecule has 1 aliphatic heterocycles. The molecule has 0 saturated heterocycles. The van der Waals surface area contributed by atoms with E-state index in [9.17, 15) is 18.0 Å². The topological polar surface area (TPSA) is 95.9 Å². The summed E-state index contributed by atoms with van der Waals surface area (Å²) in [6, 6.07) is 9.44. The summed E-state index contributed by atoms with van der Waals surface area (Å²) in [7, 11) is -3.16. The van der Waals surface area contributed by atoms with Gasteiger partial charge in [-0.05, 0) is 18.4 Å². The predicted octanol–water partition coefficient (Wildman–Crippen LogP) is 3.72. The Morgan fingerprint density at radius 2 is 1.65 bits per heavy atom. The largest absolute Gasteiger partial charge is 0.303 e. The fourth-order valence-electron chi connectivity index (χ4n) is 3.01. The molecule has 1 atom stereocenters. The van der Waals surface area contributed by atoms with Gasteiger partial charge in [-0.2, -0.15) is 0 Å². The number of sulfone groups is 1. The third-order valence-electron chi connectivity index (χ3n) is 4.79. The zero-order valence-electron chi connectivity index (χ0n) is 19.4. The van der Waals surface area contributed by atoms with E-state index in [-0.39, 0.29) is 17.6 Å². The van der Waals surface area contributed by atoms with Crippen molar-refractivity contribution < 1.29 is 18.0 Å². The molecule has 0 fully saturated rings. The first-order valence-corrected chi connectivity index (χ1v) is 13.1. The fraction of sp³-hybridized carbons (Fsp3) is 0.591. The van der Waals surface area contributed by atoms with Gasteiger partial charge in [-0.25, -0.2) is 13.4 Å². The van der Waals surface area contributed by atoms with Crippen LogP contribution >= 0.6 is 11.8 Å². The Balaban J connectivity index is 2.53. The number of nitrogens with zero attached hydrogens (tertiary/aromatic N) is 2. The number of benzene rings is 1. The summed E-state index contributed by atoms with van der Waals surface area (Å²) < 4.78 is 23.5. The zero-order chi connectivity index (χ0) is 23.7. The summed E-state index contributed by atoms with van der Waals surface area (Å²) >= 11 is 1.29. The maximum Gasteiger partial charge on any atom is 0.249 e. The van der Waals surface area contributed by atoms with E-state index in [4.69, 9.17) is 0 Å². The van der Waals surface area contributed by atoms with Gasteiger partial charge in [0.1, 0.15) is 14.7 Å². The van der Waals surface area contributed by atoms with Crippen molar-refractivity contribution in [2.24, 2.45) is 15.9 Å². The van der Waals surface area contributed by atoms with Gasteiger partial charge in [0.25, 0.3) is 0 Å². The highest BCUT2D eigenvalue weighted by atomic mass is 32.2. The minimum atomic E-state index is -3.16. The van der Waals surface area contributed by atoms with E-state index in [0.717, 1.165) is 5.56 Å².